The lowest BCUT2D eigenvalue weighted by atomic mass is 10.1. The standard InChI is InChI=1S/C16H23N3S/c1-3-7-17-16(13-4-5-13)14-6-8-19(9-14)10-15-11-20-12(2)18-15/h6,8-9,11,13,16-17H,3-5,7,10H2,1-2H3. The number of thiazole rings is 1. The number of rotatable bonds is 7. The van der Waals surface area contributed by atoms with Crippen molar-refractivity contribution in [3.05, 3.63) is 40.1 Å². The number of hydrogen-bond acceptors (Lipinski definition) is 3. The highest BCUT2D eigenvalue weighted by molar-refractivity contribution is 7.09. The molecular formula is C16H23N3S. The largest absolute Gasteiger partial charge is 0.348 e. The number of nitrogens with one attached hydrogen (secondary N) is 1. The van der Waals surface area contributed by atoms with Gasteiger partial charge in [0.05, 0.1) is 17.2 Å². The van der Waals surface area contributed by atoms with E-state index in [1.54, 1.807) is 11.3 Å². The Balaban J connectivity index is 1.68. The second-order valence-electron chi connectivity index (χ2n) is 5.74. The number of nitrogens with zero attached hydrogens (tertiary/aromatic N) is 2. The molecule has 1 saturated carbocycles. The zero-order valence-electron chi connectivity index (χ0n) is 12.3. The summed E-state index contributed by atoms with van der Waals surface area (Å²) >= 11 is 1.73. The van der Waals surface area contributed by atoms with E-state index >= 15 is 0 Å². The van der Waals surface area contributed by atoms with Crippen LogP contribution in [-0.4, -0.2) is 16.1 Å². The zero-order valence-corrected chi connectivity index (χ0v) is 13.1. The van der Waals surface area contributed by atoms with E-state index in [0.29, 0.717) is 6.04 Å². The molecule has 0 saturated heterocycles. The summed E-state index contributed by atoms with van der Waals surface area (Å²) in [6.07, 6.45) is 8.42. The van der Waals surface area contributed by atoms with Crippen molar-refractivity contribution in [2.45, 2.75) is 45.7 Å². The van der Waals surface area contributed by atoms with Crippen LogP contribution in [0.15, 0.2) is 23.8 Å². The van der Waals surface area contributed by atoms with Crippen molar-refractivity contribution in [3.8, 4) is 0 Å². The molecule has 0 spiro atoms. The maximum atomic E-state index is 4.54. The lowest BCUT2D eigenvalue weighted by Crippen LogP contribution is -2.23. The quantitative estimate of drug-likeness (QED) is 0.841. The molecule has 2 aromatic heterocycles. The molecule has 0 aromatic carbocycles. The molecule has 4 heteroatoms. The highest BCUT2D eigenvalue weighted by Crippen LogP contribution is 2.41. The molecule has 0 amide bonds. The van der Waals surface area contributed by atoms with Crippen molar-refractivity contribution in [2.75, 3.05) is 6.54 Å². The van der Waals surface area contributed by atoms with Crippen molar-refractivity contribution in [1.82, 2.24) is 14.9 Å². The number of hydrogen-bond donors (Lipinski definition) is 1. The molecule has 1 atom stereocenters. The first-order chi connectivity index (χ1) is 9.76. The SMILES string of the molecule is CCCNC(c1ccn(Cc2csc(C)n2)c1)C1CC1. The van der Waals surface area contributed by atoms with Gasteiger partial charge in [-0.3, -0.25) is 0 Å². The van der Waals surface area contributed by atoms with E-state index in [2.05, 4.69) is 52.6 Å². The van der Waals surface area contributed by atoms with E-state index in [9.17, 15) is 0 Å². The summed E-state index contributed by atoms with van der Waals surface area (Å²) in [5.41, 5.74) is 2.60. The van der Waals surface area contributed by atoms with E-state index < -0.39 is 0 Å². The molecule has 2 aromatic rings. The first-order valence-electron chi connectivity index (χ1n) is 7.56. The molecular weight excluding hydrogens is 266 g/mol. The maximum absolute atomic E-state index is 4.54. The van der Waals surface area contributed by atoms with Crippen molar-refractivity contribution < 1.29 is 0 Å². The minimum absolute atomic E-state index is 0.549. The highest BCUT2D eigenvalue weighted by atomic mass is 32.1. The molecule has 1 N–H and O–H groups in total. The molecule has 3 rings (SSSR count). The fraction of sp³-hybridized carbons (Fsp3) is 0.562. The van der Waals surface area contributed by atoms with Gasteiger partial charge >= 0.3 is 0 Å². The number of aromatic nitrogens is 2. The van der Waals surface area contributed by atoms with Gasteiger partial charge in [0.25, 0.3) is 0 Å². The third-order valence-corrected chi connectivity index (χ3v) is 4.67. The monoisotopic (exact) mass is 289 g/mol. The third-order valence-electron chi connectivity index (χ3n) is 3.85. The molecule has 0 radical (unpaired) electrons. The second-order valence-corrected chi connectivity index (χ2v) is 6.81. The Morgan fingerprint density at radius 3 is 3.00 bits per heavy atom. The maximum Gasteiger partial charge on any atom is 0.0898 e. The van der Waals surface area contributed by atoms with E-state index in [1.165, 1.54) is 30.5 Å². The van der Waals surface area contributed by atoms with Gasteiger partial charge in [-0.25, -0.2) is 4.98 Å². The van der Waals surface area contributed by atoms with Crippen LogP contribution in [0.5, 0.6) is 0 Å². The lowest BCUT2D eigenvalue weighted by molar-refractivity contribution is 0.480. The van der Waals surface area contributed by atoms with Crippen molar-refractivity contribution in [1.29, 1.82) is 0 Å². The summed E-state index contributed by atoms with van der Waals surface area (Å²) in [7, 11) is 0. The Kier molecular flexibility index (Phi) is 4.22. The minimum Gasteiger partial charge on any atom is -0.348 e. The predicted molar refractivity (Wildman–Crippen MR) is 84.1 cm³/mol. The normalized spacial score (nSPS) is 16.5. The Morgan fingerprint density at radius 2 is 2.35 bits per heavy atom. The molecule has 0 bridgehead atoms. The van der Waals surface area contributed by atoms with Gasteiger partial charge < -0.3 is 9.88 Å². The van der Waals surface area contributed by atoms with Crippen LogP contribution in [-0.2, 0) is 6.54 Å². The van der Waals surface area contributed by atoms with E-state index in [4.69, 9.17) is 0 Å². The van der Waals surface area contributed by atoms with Crippen LogP contribution >= 0.6 is 11.3 Å². The second kappa shape index (κ2) is 6.10. The highest BCUT2D eigenvalue weighted by Gasteiger charge is 2.32. The van der Waals surface area contributed by atoms with Gasteiger partial charge in [-0.15, -0.1) is 11.3 Å². The smallest absolute Gasteiger partial charge is 0.0898 e. The Hall–Kier alpha value is -1.13. The predicted octanol–water partition coefficient (Wildman–Crippen LogP) is 3.75. The summed E-state index contributed by atoms with van der Waals surface area (Å²) in [6, 6.07) is 2.82. The van der Waals surface area contributed by atoms with Crippen LogP contribution in [0.3, 0.4) is 0 Å². The first-order valence-corrected chi connectivity index (χ1v) is 8.44. The van der Waals surface area contributed by atoms with Gasteiger partial charge in [0.1, 0.15) is 0 Å². The summed E-state index contributed by atoms with van der Waals surface area (Å²) in [5, 5.41) is 7.00. The van der Waals surface area contributed by atoms with Crippen LogP contribution in [0.4, 0.5) is 0 Å². The molecule has 108 valence electrons. The molecule has 1 aliphatic rings. The van der Waals surface area contributed by atoms with Gasteiger partial charge in [-0.05, 0) is 50.3 Å². The van der Waals surface area contributed by atoms with Crippen LogP contribution in [0, 0.1) is 12.8 Å². The van der Waals surface area contributed by atoms with Crippen LogP contribution in [0.1, 0.15) is 48.5 Å². The summed E-state index contributed by atoms with van der Waals surface area (Å²) in [6.45, 7) is 6.28. The third kappa shape index (κ3) is 3.30. The topological polar surface area (TPSA) is 29.9 Å². The van der Waals surface area contributed by atoms with Crippen molar-refractivity contribution in [3.63, 3.8) is 0 Å². The molecule has 1 aliphatic carbocycles. The van der Waals surface area contributed by atoms with Gasteiger partial charge in [0.2, 0.25) is 0 Å². The fourth-order valence-corrected chi connectivity index (χ4v) is 3.30. The number of aryl methyl sites for hydroxylation is 1. The molecule has 0 aliphatic heterocycles. The first kappa shape index (κ1) is 13.8. The van der Waals surface area contributed by atoms with Gasteiger partial charge in [-0.1, -0.05) is 6.92 Å². The average Bonchev–Trinajstić information content (AvgIpc) is 3.03. The minimum atomic E-state index is 0.549. The lowest BCUT2D eigenvalue weighted by Gasteiger charge is -2.16. The van der Waals surface area contributed by atoms with Crippen LogP contribution in [0.2, 0.25) is 0 Å². The van der Waals surface area contributed by atoms with E-state index in [0.717, 1.165) is 24.0 Å². The molecule has 2 heterocycles. The van der Waals surface area contributed by atoms with E-state index in [1.807, 2.05) is 0 Å². The van der Waals surface area contributed by atoms with E-state index in [-0.39, 0.29) is 0 Å². The van der Waals surface area contributed by atoms with Gasteiger partial charge in [0.15, 0.2) is 0 Å². The Labute approximate surface area is 125 Å². The summed E-state index contributed by atoms with van der Waals surface area (Å²) in [5.74, 6) is 0.846. The Morgan fingerprint density at radius 1 is 1.50 bits per heavy atom. The molecule has 3 nitrogen and oxygen atoms in total. The van der Waals surface area contributed by atoms with Crippen LogP contribution in [0.25, 0.3) is 0 Å². The molecule has 1 fully saturated rings. The van der Waals surface area contributed by atoms with Gasteiger partial charge in [0, 0.05) is 23.8 Å². The van der Waals surface area contributed by atoms with Crippen LogP contribution < -0.4 is 5.32 Å². The average molecular weight is 289 g/mol. The Bertz CT molecular complexity index is 554. The van der Waals surface area contributed by atoms with Gasteiger partial charge in [-0.2, -0.15) is 0 Å². The fourth-order valence-electron chi connectivity index (χ4n) is 2.70. The molecule has 1 unspecified atom stereocenters. The molecule has 20 heavy (non-hydrogen) atoms. The summed E-state index contributed by atoms with van der Waals surface area (Å²) < 4.78 is 2.26. The van der Waals surface area contributed by atoms with Crippen molar-refractivity contribution in [2.24, 2.45) is 5.92 Å². The van der Waals surface area contributed by atoms with Crippen molar-refractivity contribution >= 4 is 11.3 Å². The zero-order chi connectivity index (χ0) is 13.9. The summed E-state index contributed by atoms with van der Waals surface area (Å²) in [4.78, 5) is 4.54.